The van der Waals surface area contributed by atoms with E-state index < -0.39 is 0 Å². The molecule has 1 amide bonds. The summed E-state index contributed by atoms with van der Waals surface area (Å²) in [5.74, 6) is 1.10. The molecule has 0 aliphatic carbocycles. The van der Waals surface area contributed by atoms with Crippen molar-refractivity contribution in [1.29, 1.82) is 0 Å². The molecule has 0 bridgehead atoms. The van der Waals surface area contributed by atoms with Gasteiger partial charge in [0.05, 0.1) is 0 Å². The van der Waals surface area contributed by atoms with Crippen LogP contribution >= 0.6 is 0 Å². The molecule has 1 N–H and O–H groups in total. The molecule has 17 heavy (non-hydrogen) atoms. The quantitative estimate of drug-likeness (QED) is 0.778. The van der Waals surface area contributed by atoms with Gasteiger partial charge >= 0.3 is 0 Å². The normalized spacial score (nSPS) is 29.1. The van der Waals surface area contributed by atoms with E-state index in [4.69, 9.17) is 0 Å². The van der Waals surface area contributed by atoms with Crippen LogP contribution in [0.15, 0.2) is 0 Å². The second kappa shape index (κ2) is 5.83. The third kappa shape index (κ3) is 3.42. The smallest absolute Gasteiger partial charge is 0.222 e. The third-order valence-corrected chi connectivity index (χ3v) is 4.04. The minimum absolute atomic E-state index is 0.250. The van der Waals surface area contributed by atoms with Crippen molar-refractivity contribution in [2.24, 2.45) is 5.92 Å². The molecule has 4 heteroatoms. The van der Waals surface area contributed by atoms with Gasteiger partial charge in [0.15, 0.2) is 0 Å². The summed E-state index contributed by atoms with van der Waals surface area (Å²) < 4.78 is 0. The molecule has 2 rings (SSSR count). The van der Waals surface area contributed by atoms with Gasteiger partial charge in [-0.3, -0.25) is 4.79 Å². The van der Waals surface area contributed by atoms with E-state index in [1.165, 1.54) is 32.5 Å². The zero-order valence-electron chi connectivity index (χ0n) is 11.1. The minimum atomic E-state index is 0.250. The molecule has 0 unspecified atom stereocenters. The zero-order chi connectivity index (χ0) is 12.3. The summed E-state index contributed by atoms with van der Waals surface area (Å²) in [5, 5.41) is 3.61. The van der Waals surface area contributed by atoms with Crippen LogP contribution in [0.2, 0.25) is 0 Å². The van der Waals surface area contributed by atoms with Crippen molar-refractivity contribution in [1.82, 2.24) is 15.1 Å². The van der Waals surface area contributed by atoms with Crippen LogP contribution in [0.1, 0.15) is 25.7 Å². The van der Waals surface area contributed by atoms with Crippen molar-refractivity contribution >= 4 is 5.91 Å². The van der Waals surface area contributed by atoms with Crippen molar-refractivity contribution in [3.8, 4) is 0 Å². The van der Waals surface area contributed by atoms with Crippen LogP contribution in [0.5, 0.6) is 0 Å². The second-order valence-corrected chi connectivity index (χ2v) is 5.61. The number of amides is 1. The number of rotatable bonds is 4. The molecule has 4 nitrogen and oxygen atoms in total. The topological polar surface area (TPSA) is 35.6 Å². The van der Waals surface area contributed by atoms with Crippen molar-refractivity contribution in [2.45, 2.75) is 31.7 Å². The Balaban J connectivity index is 1.66. The highest BCUT2D eigenvalue weighted by atomic mass is 16.2. The van der Waals surface area contributed by atoms with Gasteiger partial charge in [-0.15, -0.1) is 0 Å². The fraction of sp³-hybridized carbons (Fsp3) is 0.923. The fourth-order valence-corrected chi connectivity index (χ4v) is 3.00. The Labute approximate surface area is 104 Å². The highest BCUT2D eigenvalue weighted by Gasteiger charge is 2.33. The number of hydrogen-bond donors (Lipinski definition) is 1. The van der Waals surface area contributed by atoms with Gasteiger partial charge in [-0.2, -0.15) is 0 Å². The number of nitrogens with zero attached hydrogens (tertiary/aromatic N) is 2. The van der Waals surface area contributed by atoms with Crippen LogP contribution in [0.3, 0.4) is 0 Å². The summed E-state index contributed by atoms with van der Waals surface area (Å²) in [7, 11) is 3.66. The molecule has 0 spiro atoms. The summed E-state index contributed by atoms with van der Waals surface area (Å²) >= 11 is 0. The van der Waals surface area contributed by atoms with E-state index in [1.54, 1.807) is 4.90 Å². The van der Waals surface area contributed by atoms with Crippen LogP contribution < -0.4 is 5.32 Å². The molecule has 2 aliphatic heterocycles. The summed E-state index contributed by atoms with van der Waals surface area (Å²) in [6.07, 6.45) is 4.39. The van der Waals surface area contributed by atoms with Crippen molar-refractivity contribution in [3.63, 3.8) is 0 Å². The predicted molar refractivity (Wildman–Crippen MR) is 68.9 cm³/mol. The van der Waals surface area contributed by atoms with Gasteiger partial charge in [-0.1, -0.05) is 0 Å². The number of fused-ring (bicyclic) bond motifs is 1. The van der Waals surface area contributed by atoms with E-state index in [0.717, 1.165) is 18.9 Å². The van der Waals surface area contributed by atoms with E-state index in [9.17, 15) is 4.79 Å². The lowest BCUT2D eigenvalue weighted by Crippen LogP contribution is -2.40. The first-order valence-electron chi connectivity index (χ1n) is 6.82. The van der Waals surface area contributed by atoms with Crippen LogP contribution in [-0.4, -0.2) is 62.0 Å². The minimum Gasteiger partial charge on any atom is -0.349 e. The predicted octanol–water partition coefficient (Wildman–Crippen LogP) is 0.539. The standard InChI is InChI=1S/C13H25N3O/c1-15(2)13(17)6-4-8-16-9-11-5-3-7-14-12(11)10-16/h11-12,14H,3-10H2,1-2H3/t11-,12+/m0/s1. The Morgan fingerprint density at radius 1 is 1.41 bits per heavy atom. The van der Waals surface area contributed by atoms with Crippen molar-refractivity contribution in [3.05, 3.63) is 0 Å². The van der Waals surface area contributed by atoms with Crippen LogP contribution in [-0.2, 0) is 4.79 Å². The lowest BCUT2D eigenvalue weighted by atomic mass is 9.94. The van der Waals surface area contributed by atoms with Gasteiger partial charge < -0.3 is 15.1 Å². The molecule has 2 heterocycles. The van der Waals surface area contributed by atoms with E-state index >= 15 is 0 Å². The van der Waals surface area contributed by atoms with Crippen molar-refractivity contribution in [2.75, 3.05) is 40.3 Å². The van der Waals surface area contributed by atoms with Gasteiger partial charge in [-0.25, -0.2) is 0 Å². The Morgan fingerprint density at radius 2 is 2.24 bits per heavy atom. The van der Waals surface area contributed by atoms with Gasteiger partial charge in [0.2, 0.25) is 5.91 Å². The van der Waals surface area contributed by atoms with E-state index in [2.05, 4.69) is 10.2 Å². The summed E-state index contributed by atoms with van der Waals surface area (Å²) in [6.45, 7) is 4.68. The first kappa shape index (κ1) is 12.8. The molecule has 98 valence electrons. The van der Waals surface area contributed by atoms with Gasteiger partial charge in [0.1, 0.15) is 0 Å². The average molecular weight is 239 g/mol. The first-order chi connectivity index (χ1) is 8.16. The summed E-state index contributed by atoms with van der Waals surface area (Å²) in [4.78, 5) is 15.7. The Morgan fingerprint density at radius 3 is 2.94 bits per heavy atom. The highest BCUT2D eigenvalue weighted by Crippen LogP contribution is 2.24. The monoisotopic (exact) mass is 239 g/mol. The number of likely N-dealkylation sites (tertiary alicyclic amines) is 1. The summed E-state index contributed by atoms with van der Waals surface area (Å²) in [6, 6.07) is 0.716. The highest BCUT2D eigenvalue weighted by molar-refractivity contribution is 5.75. The average Bonchev–Trinajstić information content (AvgIpc) is 2.71. The molecule has 2 atom stereocenters. The number of carbonyl (C=O) groups is 1. The molecular formula is C13H25N3O. The maximum absolute atomic E-state index is 11.5. The van der Waals surface area contributed by atoms with Crippen LogP contribution in [0.4, 0.5) is 0 Å². The lowest BCUT2D eigenvalue weighted by Gasteiger charge is -2.24. The molecule has 0 saturated carbocycles. The first-order valence-corrected chi connectivity index (χ1v) is 6.82. The van der Waals surface area contributed by atoms with E-state index in [0.29, 0.717) is 12.5 Å². The number of piperidine rings is 1. The maximum Gasteiger partial charge on any atom is 0.222 e. The molecule has 0 radical (unpaired) electrons. The van der Waals surface area contributed by atoms with Gasteiger partial charge in [0.25, 0.3) is 0 Å². The van der Waals surface area contributed by atoms with Crippen molar-refractivity contribution < 1.29 is 4.79 Å². The number of carbonyl (C=O) groups excluding carboxylic acids is 1. The fourth-order valence-electron chi connectivity index (χ4n) is 3.00. The zero-order valence-corrected chi connectivity index (χ0v) is 11.1. The second-order valence-electron chi connectivity index (χ2n) is 5.61. The number of nitrogens with one attached hydrogen (secondary N) is 1. The molecular weight excluding hydrogens is 214 g/mol. The molecule has 0 aromatic rings. The molecule has 2 aliphatic rings. The largest absolute Gasteiger partial charge is 0.349 e. The van der Waals surface area contributed by atoms with Crippen LogP contribution in [0.25, 0.3) is 0 Å². The van der Waals surface area contributed by atoms with Gasteiger partial charge in [-0.05, 0) is 38.3 Å². The van der Waals surface area contributed by atoms with E-state index in [1.807, 2.05) is 14.1 Å². The molecule has 2 saturated heterocycles. The van der Waals surface area contributed by atoms with Gasteiger partial charge in [0, 0.05) is 39.6 Å². The molecule has 0 aromatic carbocycles. The molecule has 0 aromatic heterocycles. The lowest BCUT2D eigenvalue weighted by molar-refractivity contribution is -0.128. The summed E-state index contributed by atoms with van der Waals surface area (Å²) in [5.41, 5.74) is 0. The Kier molecular flexibility index (Phi) is 4.40. The number of hydrogen-bond acceptors (Lipinski definition) is 3. The third-order valence-electron chi connectivity index (χ3n) is 4.04. The Hall–Kier alpha value is -0.610. The maximum atomic E-state index is 11.5. The molecule has 2 fully saturated rings. The SMILES string of the molecule is CN(C)C(=O)CCCN1C[C@@H]2CCCN[C@@H]2C1. The Bertz CT molecular complexity index is 253. The van der Waals surface area contributed by atoms with E-state index in [-0.39, 0.29) is 5.91 Å². The van der Waals surface area contributed by atoms with Crippen LogP contribution in [0, 0.1) is 5.92 Å².